The number of nitrogens with zero attached hydrogens (tertiary/aromatic N) is 1. The number of hydrogen-bond acceptors (Lipinski definition) is 3. The Morgan fingerprint density at radius 2 is 1.93 bits per heavy atom. The summed E-state index contributed by atoms with van der Waals surface area (Å²) in [5, 5.41) is 2.26. The molecule has 0 radical (unpaired) electrons. The van der Waals surface area contributed by atoms with E-state index in [-0.39, 0.29) is 0 Å². The highest BCUT2D eigenvalue weighted by molar-refractivity contribution is 8.27. The summed E-state index contributed by atoms with van der Waals surface area (Å²) in [6.07, 6.45) is 2.07. The quantitative estimate of drug-likeness (QED) is 0.726. The van der Waals surface area contributed by atoms with Gasteiger partial charge in [-0.1, -0.05) is 59.9 Å². The van der Waals surface area contributed by atoms with Gasteiger partial charge in [-0.25, -0.2) is 4.99 Å². The monoisotopic (exact) mass is 235 g/mol. The SMILES string of the molecule is C/C=C1\N=C(c2ccccc2)SC(C)S1. The van der Waals surface area contributed by atoms with Gasteiger partial charge in [0.25, 0.3) is 0 Å². The third kappa shape index (κ3) is 2.67. The molecule has 1 heterocycles. The van der Waals surface area contributed by atoms with Crippen molar-refractivity contribution in [3.63, 3.8) is 0 Å². The third-order valence-corrected chi connectivity index (χ3v) is 4.40. The van der Waals surface area contributed by atoms with E-state index in [4.69, 9.17) is 0 Å². The van der Waals surface area contributed by atoms with Crippen LogP contribution in [0, 0.1) is 0 Å². The first-order valence-electron chi connectivity index (χ1n) is 4.93. The second-order valence-corrected chi connectivity index (χ2v) is 6.20. The highest BCUT2D eigenvalue weighted by atomic mass is 32.2. The molecule has 0 spiro atoms. The Bertz CT molecular complexity index is 395. The fourth-order valence-corrected chi connectivity index (χ4v) is 3.53. The molecule has 2 rings (SSSR count). The minimum Gasteiger partial charge on any atom is -0.235 e. The number of allylic oxidation sites excluding steroid dienone is 1. The van der Waals surface area contributed by atoms with Gasteiger partial charge in [0.05, 0.1) is 9.61 Å². The number of rotatable bonds is 1. The molecule has 1 aromatic carbocycles. The molecule has 78 valence electrons. The van der Waals surface area contributed by atoms with Gasteiger partial charge in [0.15, 0.2) is 0 Å². The summed E-state index contributed by atoms with van der Waals surface area (Å²) in [7, 11) is 0. The Balaban J connectivity index is 2.33. The fraction of sp³-hybridized carbons (Fsp3) is 0.250. The highest BCUT2D eigenvalue weighted by Crippen LogP contribution is 2.38. The molecule has 1 atom stereocenters. The number of benzene rings is 1. The Kier molecular flexibility index (Phi) is 3.54. The van der Waals surface area contributed by atoms with E-state index in [0.717, 1.165) is 10.1 Å². The molecular formula is C12H13NS2. The summed E-state index contributed by atoms with van der Waals surface area (Å²) < 4.78 is 0.545. The second kappa shape index (κ2) is 4.90. The molecule has 1 unspecified atom stereocenters. The van der Waals surface area contributed by atoms with E-state index in [1.807, 2.05) is 36.5 Å². The van der Waals surface area contributed by atoms with Crippen LogP contribution in [-0.4, -0.2) is 9.63 Å². The third-order valence-electron chi connectivity index (χ3n) is 2.04. The molecule has 0 fully saturated rings. The van der Waals surface area contributed by atoms with Crippen LogP contribution in [0.15, 0.2) is 46.4 Å². The van der Waals surface area contributed by atoms with Crippen molar-refractivity contribution >= 4 is 28.6 Å². The van der Waals surface area contributed by atoms with Crippen LogP contribution in [0.1, 0.15) is 19.4 Å². The van der Waals surface area contributed by atoms with Gasteiger partial charge in [-0.05, 0) is 13.8 Å². The molecule has 0 saturated heterocycles. The minimum atomic E-state index is 0.545. The van der Waals surface area contributed by atoms with Crippen molar-refractivity contribution in [3.05, 3.63) is 47.0 Å². The van der Waals surface area contributed by atoms with Gasteiger partial charge in [-0.15, -0.1) is 0 Å². The van der Waals surface area contributed by atoms with Gasteiger partial charge in [-0.3, -0.25) is 0 Å². The van der Waals surface area contributed by atoms with Crippen molar-refractivity contribution < 1.29 is 0 Å². The van der Waals surface area contributed by atoms with E-state index in [9.17, 15) is 0 Å². The van der Waals surface area contributed by atoms with E-state index in [1.165, 1.54) is 5.56 Å². The van der Waals surface area contributed by atoms with Gasteiger partial charge in [0.2, 0.25) is 0 Å². The highest BCUT2D eigenvalue weighted by Gasteiger charge is 2.17. The summed E-state index contributed by atoms with van der Waals surface area (Å²) in [5.41, 5.74) is 1.22. The van der Waals surface area contributed by atoms with E-state index < -0.39 is 0 Å². The molecule has 0 N–H and O–H groups in total. The lowest BCUT2D eigenvalue weighted by atomic mass is 10.2. The zero-order chi connectivity index (χ0) is 10.7. The van der Waals surface area contributed by atoms with Crippen molar-refractivity contribution in [3.8, 4) is 0 Å². The Morgan fingerprint density at radius 3 is 2.60 bits per heavy atom. The second-order valence-electron chi connectivity index (χ2n) is 3.21. The van der Waals surface area contributed by atoms with Crippen LogP contribution in [0.5, 0.6) is 0 Å². The molecule has 0 bridgehead atoms. The summed E-state index contributed by atoms with van der Waals surface area (Å²) in [5.74, 6) is 0. The molecule has 1 nitrogen and oxygen atoms in total. The lowest BCUT2D eigenvalue weighted by Crippen LogP contribution is -2.06. The summed E-state index contributed by atoms with van der Waals surface area (Å²) in [6, 6.07) is 10.4. The first kappa shape index (κ1) is 10.8. The van der Waals surface area contributed by atoms with Crippen LogP contribution in [0.3, 0.4) is 0 Å². The molecular weight excluding hydrogens is 222 g/mol. The van der Waals surface area contributed by atoms with Gasteiger partial charge >= 0.3 is 0 Å². The Labute approximate surface area is 99.1 Å². The number of aliphatic imine (C=N–C) groups is 1. The normalized spacial score (nSPS) is 24.0. The molecule has 0 amide bonds. The standard InChI is InChI=1S/C12H13NS2/c1-3-11-13-12(15-9(2)14-11)10-7-5-4-6-8-10/h3-9H,1-2H3/b11-3+. The lowest BCUT2D eigenvalue weighted by molar-refractivity contribution is 1.39. The van der Waals surface area contributed by atoms with Gasteiger partial charge < -0.3 is 0 Å². The van der Waals surface area contributed by atoms with Crippen LogP contribution >= 0.6 is 23.5 Å². The van der Waals surface area contributed by atoms with Crippen molar-refractivity contribution in [1.82, 2.24) is 0 Å². The molecule has 1 aromatic rings. The average molecular weight is 235 g/mol. The maximum absolute atomic E-state index is 4.62. The molecule has 15 heavy (non-hydrogen) atoms. The van der Waals surface area contributed by atoms with Crippen molar-refractivity contribution in [2.45, 2.75) is 18.4 Å². The predicted octanol–water partition coefficient (Wildman–Crippen LogP) is 4.12. The molecule has 1 aliphatic rings. The fourth-order valence-electron chi connectivity index (χ4n) is 1.35. The zero-order valence-corrected chi connectivity index (χ0v) is 10.4. The molecule has 0 aliphatic carbocycles. The van der Waals surface area contributed by atoms with E-state index in [2.05, 4.69) is 42.3 Å². The summed E-state index contributed by atoms with van der Waals surface area (Å²) in [4.78, 5) is 4.62. The van der Waals surface area contributed by atoms with E-state index in [1.54, 1.807) is 0 Å². The number of thioether (sulfide) groups is 2. The Morgan fingerprint density at radius 1 is 1.20 bits per heavy atom. The topological polar surface area (TPSA) is 12.4 Å². The zero-order valence-electron chi connectivity index (χ0n) is 8.81. The van der Waals surface area contributed by atoms with E-state index in [0.29, 0.717) is 4.58 Å². The van der Waals surface area contributed by atoms with Crippen LogP contribution in [0.2, 0.25) is 0 Å². The van der Waals surface area contributed by atoms with E-state index >= 15 is 0 Å². The minimum absolute atomic E-state index is 0.545. The van der Waals surface area contributed by atoms with Crippen molar-refractivity contribution in [2.24, 2.45) is 4.99 Å². The lowest BCUT2D eigenvalue weighted by Gasteiger charge is -2.19. The average Bonchev–Trinajstić information content (AvgIpc) is 2.29. The van der Waals surface area contributed by atoms with Crippen LogP contribution in [-0.2, 0) is 0 Å². The molecule has 3 heteroatoms. The first-order valence-corrected chi connectivity index (χ1v) is 6.69. The molecule has 0 aromatic heterocycles. The van der Waals surface area contributed by atoms with Crippen LogP contribution in [0.25, 0.3) is 0 Å². The van der Waals surface area contributed by atoms with Gasteiger partial charge in [0, 0.05) is 5.56 Å². The summed E-state index contributed by atoms with van der Waals surface area (Å²) in [6.45, 7) is 4.26. The van der Waals surface area contributed by atoms with Gasteiger partial charge in [0.1, 0.15) is 5.04 Å². The first-order chi connectivity index (χ1) is 7.29. The summed E-state index contributed by atoms with van der Waals surface area (Å²) >= 11 is 3.65. The molecule has 0 saturated carbocycles. The smallest absolute Gasteiger partial charge is 0.106 e. The number of hydrogen-bond donors (Lipinski definition) is 0. The van der Waals surface area contributed by atoms with Crippen LogP contribution in [0.4, 0.5) is 0 Å². The maximum atomic E-state index is 4.62. The largest absolute Gasteiger partial charge is 0.235 e. The van der Waals surface area contributed by atoms with Gasteiger partial charge in [-0.2, -0.15) is 0 Å². The maximum Gasteiger partial charge on any atom is 0.106 e. The van der Waals surface area contributed by atoms with Crippen molar-refractivity contribution in [1.29, 1.82) is 0 Å². The Hall–Kier alpha value is -0.670. The predicted molar refractivity (Wildman–Crippen MR) is 71.4 cm³/mol. The molecule has 1 aliphatic heterocycles. The van der Waals surface area contributed by atoms with Crippen LogP contribution < -0.4 is 0 Å². The van der Waals surface area contributed by atoms with Crippen molar-refractivity contribution in [2.75, 3.05) is 0 Å².